The number of benzene rings is 1. The molecule has 3 aliphatic rings. The summed E-state index contributed by atoms with van der Waals surface area (Å²) in [5.41, 5.74) is 0.549. The van der Waals surface area contributed by atoms with Gasteiger partial charge in [-0.05, 0) is 57.0 Å². The fraction of sp³-hybridized carbons (Fsp3) is 0.655. The van der Waals surface area contributed by atoms with E-state index in [9.17, 15) is 24.3 Å². The van der Waals surface area contributed by atoms with Crippen molar-refractivity contribution >= 4 is 31.9 Å². The fourth-order valence-corrected chi connectivity index (χ4v) is 5.96. The Kier molecular flexibility index (Phi) is 9.15. The summed E-state index contributed by atoms with van der Waals surface area (Å²) < 4.78 is 17.3. The predicted molar refractivity (Wildman–Crippen MR) is 153 cm³/mol. The summed E-state index contributed by atoms with van der Waals surface area (Å²) in [6.07, 6.45) is -0.936. The van der Waals surface area contributed by atoms with Gasteiger partial charge in [-0.1, -0.05) is 19.6 Å². The molecule has 3 aliphatic heterocycles. The second kappa shape index (κ2) is 12.1. The lowest BCUT2D eigenvalue weighted by atomic mass is 10.0. The lowest BCUT2D eigenvalue weighted by molar-refractivity contribution is -0.158. The highest BCUT2D eigenvalue weighted by atomic mass is 28.3. The topological polar surface area (TPSA) is 126 Å². The number of fused-ring (bicyclic) bond motifs is 1. The molecule has 1 N–H and O–H groups in total. The summed E-state index contributed by atoms with van der Waals surface area (Å²) >= 11 is 0. The van der Waals surface area contributed by atoms with E-state index < -0.39 is 43.9 Å². The van der Waals surface area contributed by atoms with E-state index in [0.717, 1.165) is 16.5 Å². The number of hydrogen-bond acceptors (Lipinski definition) is 8. The number of imide groups is 1. The third-order valence-corrected chi connectivity index (χ3v) is 9.03. The van der Waals surface area contributed by atoms with Gasteiger partial charge >= 0.3 is 6.09 Å². The number of amides is 4. The van der Waals surface area contributed by atoms with Crippen molar-refractivity contribution in [2.24, 2.45) is 0 Å². The summed E-state index contributed by atoms with van der Waals surface area (Å²) in [6.45, 7) is 13.1. The Bertz CT molecular complexity index is 1180. The van der Waals surface area contributed by atoms with Crippen molar-refractivity contribution in [3.05, 3.63) is 29.3 Å². The molecule has 0 spiro atoms. The van der Waals surface area contributed by atoms with E-state index in [1.165, 1.54) is 9.80 Å². The van der Waals surface area contributed by atoms with Crippen LogP contribution in [0.2, 0.25) is 25.7 Å². The van der Waals surface area contributed by atoms with Crippen LogP contribution in [0.15, 0.2) is 18.2 Å². The van der Waals surface area contributed by atoms with Crippen molar-refractivity contribution in [2.45, 2.75) is 96.1 Å². The van der Waals surface area contributed by atoms with Gasteiger partial charge in [0.15, 0.2) is 0 Å². The van der Waals surface area contributed by atoms with Crippen LogP contribution in [0.3, 0.4) is 0 Å². The first-order valence-corrected chi connectivity index (χ1v) is 18.0. The Morgan fingerprint density at radius 2 is 1.85 bits per heavy atom. The van der Waals surface area contributed by atoms with Crippen molar-refractivity contribution in [3.63, 3.8) is 0 Å². The smallest absolute Gasteiger partial charge is 0.410 e. The zero-order valence-corrected chi connectivity index (χ0v) is 26.0. The summed E-state index contributed by atoms with van der Waals surface area (Å²) in [6, 6.07) is 5.31. The van der Waals surface area contributed by atoms with Crippen LogP contribution in [-0.2, 0) is 25.6 Å². The standard InChI is InChI=1S/C29H43N3O8Si/c1-29(2,3)40-28(37)30-16-20(33)14-22(17-30)39-21-7-8-23-19(13-21)15-31(26(23)35)24-9-10-25(34)32(27(24)36)18-38-11-12-41(4,5)6/h7-8,13,20,22,24,33H,9-12,14-18H2,1-6H3/t20-,22-,24?/m1/s1. The van der Waals surface area contributed by atoms with Crippen LogP contribution < -0.4 is 4.74 Å². The average Bonchev–Trinajstić information content (AvgIpc) is 3.16. The number of hydrogen-bond donors (Lipinski definition) is 1. The number of carbonyl (C=O) groups is 4. The van der Waals surface area contributed by atoms with Gasteiger partial charge < -0.3 is 29.1 Å². The van der Waals surface area contributed by atoms with Gasteiger partial charge in [0.2, 0.25) is 5.91 Å². The van der Waals surface area contributed by atoms with Gasteiger partial charge in [-0.25, -0.2) is 4.79 Å². The fourth-order valence-electron chi connectivity index (χ4n) is 5.21. The predicted octanol–water partition coefficient (Wildman–Crippen LogP) is 3.22. The molecule has 1 aromatic carbocycles. The van der Waals surface area contributed by atoms with Gasteiger partial charge in [0.1, 0.15) is 30.2 Å². The number of likely N-dealkylation sites (tertiary alicyclic amines) is 2. The number of β-amino-alcohol motifs (C(OH)–C–C–N with tert-alkyl or cyclic N) is 1. The number of nitrogens with zero attached hydrogens (tertiary/aromatic N) is 3. The second-order valence-electron chi connectivity index (χ2n) is 13.3. The Morgan fingerprint density at radius 3 is 2.54 bits per heavy atom. The van der Waals surface area contributed by atoms with Crippen molar-refractivity contribution in [3.8, 4) is 5.75 Å². The molecule has 4 rings (SSSR count). The number of piperidine rings is 2. The van der Waals surface area contributed by atoms with E-state index in [1.54, 1.807) is 39.0 Å². The van der Waals surface area contributed by atoms with Gasteiger partial charge in [-0.3, -0.25) is 19.3 Å². The average molecular weight is 590 g/mol. The molecule has 11 nitrogen and oxygen atoms in total. The molecule has 41 heavy (non-hydrogen) atoms. The highest BCUT2D eigenvalue weighted by Crippen LogP contribution is 2.32. The molecular weight excluding hydrogens is 546 g/mol. The minimum absolute atomic E-state index is 0.0980. The minimum Gasteiger partial charge on any atom is -0.488 e. The molecule has 0 saturated carbocycles. The minimum atomic E-state index is -1.31. The number of aliphatic hydroxyl groups excluding tert-OH is 1. The molecule has 2 fully saturated rings. The largest absolute Gasteiger partial charge is 0.488 e. The van der Waals surface area contributed by atoms with E-state index in [1.807, 2.05) is 0 Å². The molecule has 1 unspecified atom stereocenters. The molecule has 2 saturated heterocycles. The van der Waals surface area contributed by atoms with Crippen LogP contribution >= 0.6 is 0 Å². The molecule has 0 bridgehead atoms. The van der Waals surface area contributed by atoms with Crippen molar-refractivity contribution < 1.29 is 38.5 Å². The number of aliphatic hydroxyl groups is 1. The van der Waals surface area contributed by atoms with Crippen molar-refractivity contribution in [1.29, 1.82) is 0 Å². The zero-order chi connectivity index (χ0) is 30.1. The molecule has 226 valence electrons. The summed E-state index contributed by atoms with van der Waals surface area (Å²) in [7, 11) is -1.31. The molecule has 12 heteroatoms. The van der Waals surface area contributed by atoms with E-state index in [4.69, 9.17) is 14.2 Å². The maximum atomic E-state index is 13.3. The molecular formula is C29H43N3O8Si. The maximum Gasteiger partial charge on any atom is 0.410 e. The molecule has 0 aliphatic carbocycles. The highest BCUT2D eigenvalue weighted by Gasteiger charge is 2.43. The zero-order valence-electron chi connectivity index (χ0n) is 25.0. The molecule has 1 aromatic rings. The van der Waals surface area contributed by atoms with Crippen molar-refractivity contribution in [2.75, 3.05) is 26.4 Å². The van der Waals surface area contributed by atoms with E-state index in [0.29, 0.717) is 24.3 Å². The van der Waals surface area contributed by atoms with E-state index in [2.05, 4.69) is 19.6 Å². The maximum absolute atomic E-state index is 13.3. The van der Waals surface area contributed by atoms with Gasteiger partial charge in [-0.2, -0.15) is 0 Å². The first kappa shape index (κ1) is 31.0. The lowest BCUT2D eigenvalue weighted by Gasteiger charge is -2.36. The van der Waals surface area contributed by atoms with Gasteiger partial charge in [0.25, 0.3) is 11.8 Å². The Labute approximate surface area is 242 Å². The monoisotopic (exact) mass is 589 g/mol. The Hall–Kier alpha value is -2.96. The van der Waals surface area contributed by atoms with E-state index >= 15 is 0 Å². The van der Waals surface area contributed by atoms with Crippen molar-refractivity contribution in [1.82, 2.24) is 14.7 Å². The third kappa shape index (κ3) is 7.86. The summed E-state index contributed by atoms with van der Waals surface area (Å²) in [5, 5.41) is 10.4. The Morgan fingerprint density at radius 1 is 1.12 bits per heavy atom. The van der Waals surface area contributed by atoms with Gasteiger partial charge in [0.05, 0.1) is 19.2 Å². The first-order valence-electron chi connectivity index (χ1n) is 14.3. The number of rotatable bonds is 8. The van der Waals surface area contributed by atoms with Crippen LogP contribution in [0, 0.1) is 0 Å². The SMILES string of the molecule is CC(C)(C)OC(=O)N1C[C@H](O)C[C@@H](Oc2ccc3c(c2)CN(C2CCC(=O)N(COCC[Si](C)(C)C)C2=O)C3=O)C1. The number of ether oxygens (including phenoxy) is 3. The number of carbonyl (C=O) groups excluding carboxylic acids is 4. The third-order valence-electron chi connectivity index (χ3n) is 7.33. The summed E-state index contributed by atoms with van der Waals surface area (Å²) in [4.78, 5) is 55.7. The molecule has 3 atom stereocenters. The normalized spacial score (nSPS) is 23.6. The molecule has 0 radical (unpaired) electrons. The van der Waals surface area contributed by atoms with Crippen LogP contribution in [0.25, 0.3) is 0 Å². The van der Waals surface area contributed by atoms with Crippen LogP contribution in [0.4, 0.5) is 4.79 Å². The van der Waals surface area contributed by atoms with Gasteiger partial charge in [-0.15, -0.1) is 0 Å². The van der Waals surface area contributed by atoms with Gasteiger partial charge in [0, 0.05) is 39.6 Å². The lowest BCUT2D eigenvalue weighted by Crippen LogP contribution is -2.55. The Balaban J connectivity index is 1.39. The molecule has 4 amide bonds. The molecule has 3 heterocycles. The summed E-state index contributed by atoms with van der Waals surface area (Å²) in [5.74, 6) is -0.452. The van der Waals surface area contributed by atoms with Crippen LogP contribution in [0.5, 0.6) is 5.75 Å². The van der Waals surface area contributed by atoms with E-state index in [-0.39, 0.29) is 51.0 Å². The highest BCUT2D eigenvalue weighted by molar-refractivity contribution is 6.76. The quantitative estimate of drug-likeness (QED) is 0.278. The molecule has 0 aromatic heterocycles. The van der Waals surface area contributed by atoms with Crippen LogP contribution in [0.1, 0.15) is 56.0 Å². The first-order chi connectivity index (χ1) is 19.1. The second-order valence-corrected chi connectivity index (χ2v) is 19.0. The van der Waals surface area contributed by atoms with Crippen LogP contribution in [-0.4, -0.2) is 102 Å².